The Kier molecular flexibility index (Phi) is 6.52. The predicted molar refractivity (Wildman–Crippen MR) is 137 cm³/mol. The number of hydrogen-bond donors (Lipinski definition) is 1. The van der Waals surface area contributed by atoms with Gasteiger partial charge in [-0.3, -0.25) is 14.9 Å². The van der Waals surface area contributed by atoms with Crippen LogP contribution in [0.4, 0.5) is 8.78 Å². The molecule has 0 atom stereocenters. The zero-order chi connectivity index (χ0) is 26.1. The number of alkyl halides is 1. The fourth-order valence-electron chi connectivity index (χ4n) is 4.43. The standard InChI is InChI=1S/C28H25F2N5O2/c1-16-6-7-31-24(14-35-8-4-5-19(12-29)28(35)36)23(16)15-37-25-11-20(30)10-22-21(9-18(3)33-27(22)25)26-17(2)13-32-34-26/h4-11,13H,12,14-15H2,1-3H3,(H,32,34). The van der Waals surface area contributed by atoms with Crippen LogP contribution >= 0.6 is 0 Å². The Labute approximate surface area is 211 Å². The zero-order valence-corrected chi connectivity index (χ0v) is 20.7. The van der Waals surface area contributed by atoms with Gasteiger partial charge in [0.15, 0.2) is 0 Å². The quantitative estimate of drug-likeness (QED) is 0.325. The van der Waals surface area contributed by atoms with Crippen LogP contribution in [0, 0.1) is 26.6 Å². The Morgan fingerprint density at radius 1 is 1.11 bits per heavy atom. The van der Waals surface area contributed by atoms with Crippen molar-refractivity contribution in [1.29, 1.82) is 0 Å². The van der Waals surface area contributed by atoms with Gasteiger partial charge in [-0.2, -0.15) is 5.10 Å². The van der Waals surface area contributed by atoms with Gasteiger partial charge in [0.1, 0.15) is 30.4 Å². The number of ether oxygens (including phenoxy) is 1. The van der Waals surface area contributed by atoms with Gasteiger partial charge in [-0.05, 0) is 62.2 Å². The number of hydrogen-bond acceptors (Lipinski definition) is 5. The summed E-state index contributed by atoms with van der Waals surface area (Å²) >= 11 is 0. The number of halogens is 2. The molecule has 4 aromatic heterocycles. The van der Waals surface area contributed by atoms with Crippen LogP contribution in [0.25, 0.3) is 22.2 Å². The summed E-state index contributed by atoms with van der Waals surface area (Å²) in [6, 6.07) is 9.59. The normalized spacial score (nSPS) is 11.3. The summed E-state index contributed by atoms with van der Waals surface area (Å²) in [5.74, 6) is -0.160. The van der Waals surface area contributed by atoms with E-state index in [1.807, 2.05) is 32.9 Å². The van der Waals surface area contributed by atoms with E-state index >= 15 is 0 Å². The lowest BCUT2D eigenvalue weighted by atomic mass is 10.0. The maximum absolute atomic E-state index is 14.8. The van der Waals surface area contributed by atoms with Gasteiger partial charge in [-0.1, -0.05) is 0 Å². The minimum Gasteiger partial charge on any atom is -0.486 e. The number of nitrogens with zero attached hydrogens (tertiary/aromatic N) is 4. The summed E-state index contributed by atoms with van der Waals surface area (Å²) in [5, 5.41) is 7.69. The number of benzene rings is 1. The highest BCUT2D eigenvalue weighted by Gasteiger charge is 2.17. The Morgan fingerprint density at radius 3 is 2.70 bits per heavy atom. The summed E-state index contributed by atoms with van der Waals surface area (Å²) in [6.45, 7) is 5.11. The molecular weight excluding hydrogens is 476 g/mol. The van der Waals surface area contributed by atoms with Gasteiger partial charge in [-0.25, -0.2) is 13.8 Å². The number of nitrogens with one attached hydrogen (secondary N) is 1. The van der Waals surface area contributed by atoms with E-state index < -0.39 is 18.1 Å². The van der Waals surface area contributed by atoms with Crippen LogP contribution in [0.1, 0.15) is 33.6 Å². The molecule has 0 amide bonds. The van der Waals surface area contributed by atoms with E-state index in [4.69, 9.17) is 4.74 Å². The molecular formula is C28H25F2N5O2. The first kappa shape index (κ1) is 24.3. The van der Waals surface area contributed by atoms with Crippen molar-refractivity contribution in [3.8, 4) is 17.0 Å². The molecule has 0 aliphatic rings. The third kappa shape index (κ3) is 4.72. The van der Waals surface area contributed by atoms with Gasteiger partial charge >= 0.3 is 0 Å². The lowest BCUT2D eigenvalue weighted by Gasteiger charge is -2.16. The van der Waals surface area contributed by atoms with Crippen LogP contribution in [0.3, 0.4) is 0 Å². The molecule has 1 N–H and O–H groups in total. The molecule has 9 heteroatoms. The summed E-state index contributed by atoms with van der Waals surface area (Å²) in [7, 11) is 0. The maximum Gasteiger partial charge on any atom is 0.256 e. The highest BCUT2D eigenvalue weighted by atomic mass is 19.1. The molecule has 188 valence electrons. The van der Waals surface area contributed by atoms with E-state index in [0.717, 1.165) is 33.6 Å². The van der Waals surface area contributed by atoms with Gasteiger partial charge in [0.2, 0.25) is 0 Å². The largest absolute Gasteiger partial charge is 0.486 e. The highest BCUT2D eigenvalue weighted by molar-refractivity contribution is 5.97. The van der Waals surface area contributed by atoms with Crippen molar-refractivity contribution in [2.45, 2.75) is 40.6 Å². The van der Waals surface area contributed by atoms with Crippen molar-refractivity contribution in [3.63, 3.8) is 0 Å². The summed E-state index contributed by atoms with van der Waals surface area (Å²) in [4.78, 5) is 21.7. The van der Waals surface area contributed by atoms with Gasteiger partial charge in [0, 0.05) is 46.2 Å². The van der Waals surface area contributed by atoms with E-state index in [-0.39, 0.29) is 18.7 Å². The summed E-state index contributed by atoms with van der Waals surface area (Å²) in [6.07, 6.45) is 4.97. The Hall–Kier alpha value is -4.40. The third-order valence-corrected chi connectivity index (χ3v) is 6.38. The predicted octanol–water partition coefficient (Wildman–Crippen LogP) is 5.34. The van der Waals surface area contributed by atoms with Crippen molar-refractivity contribution in [2.75, 3.05) is 0 Å². The Morgan fingerprint density at radius 2 is 1.95 bits per heavy atom. The van der Waals surface area contributed by atoms with E-state index in [2.05, 4.69) is 20.2 Å². The molecule has 0 aliphatic carbocycles. The smallest absolute Gasteiger partial charge is 0.256 e. The second-order valence-electron chi connectivity index (χ2n) is 8.98. The van der Waals surface area contributed by atoms with Crippen molar-refractivity contribution in [2.24, 2.45) is 0 Å². The molecule has 4 heterocycles. The van der Waals surface area contributed by atoms with Crippen LogP contribution in [-0.4, -0.2) is 24.7 Å². The number of aryl methyl sites for hydroxylation is 3. The zero-order valence-electron chi connectivity index (χ0n) is 20.7. The van der Waals surface area contributed by atoms with E-state index in [0.29, 0.717) is 22.3 Å². The highest BCUT2D eigenvalue weighted by Crippen LogP contribution is 2.35. The summed E-state index contributed by atoms with van der Waals surface area (Å²) in [5.41, 5.74) is 5.73. The van der Waals surface area contributed by atoms with Crippen molar-refractivity contribution in [3.05, 3.63) is 105 Å². The monoisotopic (exact) mass is 501 g/mol. The first-order valence-electron chi connectivity index (χ1n) is 11.8. The van der Waals surface area contributed by atoms with Crippen molar-refractivity contribution in [1.82, 2.24) is 24.7 Å². The molecule has 0 spiro atoms. The molecule has 0 aliphatic heterocycles. The Bertz CT molecular complexity index is 1680. The first-order chi connectivity index (χ1) is 17.9. The van der Waals surface area contributed by atoms with Crippen LogP contribution in [0.2, 0.25) is 0 Å². The first-order valence-corrected chi connectivity index (χ1v) is 11.8. The molecule has 0 saturated carbocycles. The molecule has 0 saturated heterocycles. The fourth-order valence-corrected chi connectivity index (χ4v) is 4.43. The molecule has 0 unspecified atom stereocenters. The van der Waals surface area contributed by atoms with Gasteiger partial charge in [0.25, 0.3) is 5.56 Å². The third-order valence-electron chi connectivity index (χ3n) is 6.38. The molecule has 5 rings (SSSR count). The average molecular weight is 502 g/mol. The number of rotatable bonds is 7. The minimum atomic E-state index is -0.837. The maximum atomic E-state index is 14.8. The van der Waals surface area contributed by atoms with Crippen LogP contribution in [0.15, 0.2) is 59.8 Å². The number of aromatic amines is 1. The second kappa shape index (κ2) is 9.93. The van der Waals surface area contributed by atoms with Crippen molar-refractivity contribution < 1.29 is 13.5 Å². The van der Waals surface area contributed by atoms with E-state index in [1.54, 1.807) is 24.7 Å². The van der Waals surface area contributed by atoms with Crippen LogP contribution in [0.5, 0.6) is 5.75 Å². The van der Waals surface area contributed by atoms with Gasteiger partial charge in [0.05, 0.1) is 24.1 Å². The van der Waals surface area contributed by atoms with E-state index in [9.17, 15) is 13.6 Å². The average Bonchev–Trinajstić information content (AvgIpc) is 3.30. The molecule has 0 bridgehead atoms. The molecule has 37 heavy (non-hydrogen) atoms. The SMILES string of the molecule is Cc1cc(-c2[nH]ncc2C)c2cc(F)cc(OCc3c(C)ccnc3Cn3cccc(CF)c3=O)c2n1. The minimum absolute atomic E-state index is 0.0825. The molecule has 1 aromatic carbocycles. The lowest BCUT2D eigenvalue weighted by molar-refractivity contribution is 0.304. The Balaban J connectivity index is 1.53. The number of fused-ring (bicyclic) bond motifs is 1. The van der Waals surface area contributed by atoms with E-state index in [1.165, 1.54) is 22.8 Å². The van der Waals surface area contributed by atoms with Crippen LogP contribution in [-0.2, 0) is 19.8 Å². The van der Waals surface area contributed by atoms with Crippen LogP contribution < -0.4 is 10.3 Å². The molecule has 0 radical (unpaired) electrons. The topological polar surface area (TPSA) is 85.7 Å². The second-order valence-corrected chi connectivity index (χ2v) is 8.98. The van der Waals surface area contributed by atoms with Crippen molar-refractivity contribution >= 4 is 10.9 Å². The molecule has 7 nitrogen and oxygen atoms in total. The van der Waals surface area contributed by atoms with Gasteiger partial charge in [-0.15, -0.1) is 0 Å². The number of aromatic nitrogens is 5. The summed E-state index contributed by atoms with van der Waals surface area (Å²) < 4.78 is 35.6. The number of pyridine rings is 3. The molecule has 5 aromatic rings. The molecule has 0 fully saturated rings. The number of H-pyrrole nitrogens is 1. The lowest BCUT2D eigenvalue weighted by Crippen LogP contribution is -2.24. The van der Waals surface area contributed by atoms with Gasteiger partial charge < -0.3 is 9.30 Å². The fraction of sp³-hybridized carbons (Fsp3) is 0.214.